The van der Waals surface area contributed by atoms with Crippen molar-refractivity contribution >= 4 is 28.3 Å². The van der Waals surface area contributed by atoms with E-state index >= 15 is 0 Å². The number of hydrogen-bond acceptors (Lipinski definition) is 4. The Morgan fingerprint density at radius 2 is 2.13 bits per heavy atom. The number of thiazole rings is 1. The normalized spacial score (nSPS) is 17.2. The van der Waals surface area contributed by atoms with Gasteiger partial charge in [-0.05, 0) is 24.8 Å². The number of likely N-dealkylation sites (tertiary alicyclic amines) is 1. The first-order chi connectivity index (χ1) is 11.2. The molecule has 1 atom stereocenters. The Balaban J connectivity index is 1.57. The van der Waals surface area contributed by atoms with Crippen LogP contribution in [0.4, 0.5) is 5.13 Å². The van der Waals surface area contributed by atoms with Gasteiger partial charge >= 0.3 is 0 Å². The van der Waals surface area contributed by atoms with Crippen LogP contribution in [0.1, 0.15) is 24.8 Å². The molecule has 2 aromatic rings. The molecule has 1 aliphatic heterocycles. The molecule has 0 saturated carbocycles. The van der Waals surface area contributed by atoms with Gasteiger partial charge in [-0.3, -0.25) is 9.59 Å². The van der Waals surface area contributed by atoms with Gasteiger partial charge in [0.25, 0.3) is 0 Å². The Morgan fingerprint density at radius 1 is 1.30 bits per heavy atom. The van der Waals surface area contributed by atoms with Crippen LogP contribution < -0.4 is 5.32 Å². The SMILES string of the molecule is O=C(Nc1nccs1)C1CCCN1C(=O)CCc1ccccc1. The van der Waals surface area contributed by atoms with Gasteiger partial charge in [0.05, 0.1) is 0 Å². The van der Waals surface area contributed by atoms with Crippen molar-refractivity contribution in [2.24, 2.45) is 0 Å². The summed E-state index contributed by atoms with van der Waals surface area (Å²) in [5.41, 5.74) is 1.14. The fraction of sp³-hybridized carbons (Fsp3) is 0.353. The van der Waals surface area contributed by atoms with Gasteiger partial charge < -0.3 is 10.2 Å². The first kappa shape index (κ1) is 15.7. The van der Waals surface area contributed by atoms with Gasteiger partial charge in [0.1, 0.15) is 6.04 Å². The lowest BCUT2D eigenvalue weighted by Gasteiger charge is -2.23. The van der Waals surface area contributed by atoms with Gasteiger partial charge in [-0.1, -0.05) is 30.3 Å². The first-order valence-electron chi connectivity index (χ1n) is 7.78. The predicted molar refractivity (Wildman–Crippen MR) is 90.2 cm³/mol. The average molecular weight is 329 g/mol. The molecule has 1 aromatic heterocycles. The molecule has 5 nitrogen and oxygen atoms in total. The van der Waals surface area contributed by atoms with Gasteiger partial charge in [0, 0.05) is 24.5 Å². The molecule has 1 N–H and O–H groups in total. The van der Waals surface area contributed by atoms with Crippen molar-refractivity contribution in [1.29, 1.82) is 0 Å². The van der Waals surface area contributed by atoms with Gasteiger partial charge in [0.2, 0.25) is 11.8 Å². The lowest BCUT2D eigenvalue weighted by Crippen LogP contribution is -2.43. The van der Waals surface area contributed by atoms with Crippen LogP contribution in [0.3, 0.4) is 0 Å². The Morgan fingerprint density at radius 3 is 2.87 bits per heavy atom. The summed E-state index contributed by atoms with van der Waals surface area (Å²) in [6.45, 7) is 0.656. The van der Waals surface area contributed by atoms with E-state index < -0.39 is 0 Å². The zero-order valence-corrected chi connectivity index (χ0v) is 13.6. The van der Waals surface area contributed by atoms with Gasteiger partial charge in [-0.15, -0.1) is 11.3 Å². The van der Waals surface area contributed by atoms with E-state index in [-0.39, 0.29) is 17.9 Å². The average Bonchev–Trinajstić information content (AvgIpc) is 3.24. The minimum absolute atomic E-state index is 0.0469. The van der Waals surface area contributed by atoms with Crippen molar-refractivity contribution in [3.8, 4) is 0 Å². The summed E-state index contributed by atoms with van der Waals surface area (Å²) < 4.78 is 0. The molecule has 0 radical (unpaired) electrons. The Kier molecular flexibility index (Phi) is 5.02. The molecule has 1 unspecified atom stereocenters. The molecular formula is C17H19N3O2S. The molecule has 2 heterocycles. The minimum Gasteiger partial charge on any atom is -0.331 e. The summed E-state index contributed by atoms with van der Waals surface area (Å²) in [6, 6.07) is 9.57. The molecule has 120 valence electrons. The highest BCUT2D eigenvalue weighted by molar-refractivity contribution is 7.13. The largest absolute Gasteiger partial charge is 0.331 e. The number of aryl methyl sites for hydroxylation is 1. The number of nitrogens with one attached hydrogen (secondary N) is 1. The highest BCUT2D eigenvalue weighted by Crippen LogP contribution is 2.21. The smallest absolute Gasteiger partial charge is 0.248 e. The number of carbonyl (C=O) groups is 2. The Hall–Kier alpha value is -2.21. The molecule has 0 bridgehead atoms. The van der Waals surface area contributed by atoms with Gasteiger partial charge in [-0.2, -0.15) is 0 Å². The summed E-state index contributed by atoms with van der Waals surface area (Å²) in [5, 5.41) is 5.19. The van der Waals surface area contributed by atoms with Crippen LogP contribution in [-0.2, 0) is 16.0 Å². The third-order valence-electron chi connectivity index (χ3n) is 4.01. The molecule has 2 amide bonds. The van der Waals surface area contributed by atoms with Gasteiger partial charge in [0.15, 0.2) is 5.13 Å². The third-order valence-corrected chi connectivity index (χ3v) is 4.70. The number of benzene rings is 1. The van der Waals surface area contributed by atoms with E-state index in [0.717, 1.165) is 12.0 Å². The monoisotopic (exact) mass is 329 g/mol. The summed E-state index contributed by atoms with van der Waals surface area (Å²) in [5.74, 6) is -0.0869. The highest BCUT2D eigenvalue weighted by atomic mass is 32.1. The molecule has 1 saturated heterocycles. The summed E-state index contributed by atoms with van der Waals surface area (Å²) >= 11 is 1.38. The van der Waals surface area contributed by atoms with Crippen molar-refractivity contribution in [3.63, 3.8) is 0 Å². The number of aromatic nitrogens is 1. The second-order valence-electron chi connectivity index (χ2n) is 5.56. The number of nitrogens with zero attached hydrogens (tertiary/aromatic N) is 2. The van der Waals surface area contributed by atoms with Crippen LogP contribution in [0.5, 0.6) is 0 Å². The number of hydrogen-bond donors (Lipinski definition) is 1. The molecule has 6 heteroatoms. The van der Waals surface area contributed by atoms with Crippen LogP contribution in [-0.4, -0.2) is 34.3 Å². The van der Waals surface area contributed by atoms with E-state index in [2.05, 4.69) is 10.3 Å². The number of carbonyl (C=O) groups excluding carboxylic acids is 2. The fourth-order valence-corrected chi connectivity index (χ4v) is 3.38. The van der Waals surface area contributed by atoms with E-state index in [0.29, 0.717) is 30.9 Å². The van der Waals surface area contributed by atoms with Crippen LogP contribution in [0.25, 0.3) is 0 Å². The van der Waals surface area contributed by atoms with E-state index in [4.69, 9.17) is 0 Å². The van der Waals surface area contributed by atoms with Gasteiger partial charge in [-0.25, -0.2) is 4.98 Å². The summed E-state index contributed by atoms with van der Waals surface area (Å²) in [7, 11) is 0. The Labute approximate surface area is 139 Å². The Bertz CT molecular complexity index is 658. The molecule has 3 rings (SSSR count). The maximum atomic E-state index is 12.5. The summed E-state index contributed by atoms with van der Waals surface area (Å²) in [4.78, 5) is 30.6. The van der Waals surface area contributed by atoms with Crippen LogP contribution >= 0.6 is 11.3 Å². The molecule has 1 aliphatic rings. The van der Waals surface area contributed by atoms with Crippen LogP contribution in [0, 0.1) is 0 Å². The summed E-state index contributed by atoms with van der Waals surface area (Å²) in [6.07, 6.45) is 4.38. The molecule has 0 spiro atoms. The quantitative estimate of drug-likeness (QED) is 0.917. The van der Waals surface area contributed by atoms with E-state index in [9.17, 15) is 9.59 Å². The predicted octanol–water partition coefficient (Wildman–Crippen LogP) is 2.71. The van der Waals surface area contributed by atoms with E-state index in [1.54, 1.807) is 11.1 Å². The van der Waals surface area contributed by atoms with Crippen molar-refractivity contribution in [1.82, 2.24) is 9.88 Å². The lowest BCUT2D eigenvalue weighted by atomic mass is 10.1. The minimum atomic E-state index is -0.373. The first-order valence-corrected chi connectivity index (χ1v) is 8.66. The lowest BCUT2D eigenvalue weighted by molar-refractivity contribution is -0.136. The maximum Gasteiger partial charge on any atom is 0.248 e. The third kappa shape index (κ3) is 3.96. The number of rotatable bonds is 5. The van der Waals surface area contributed by atoms with Crippen molar-refractivity contribution < 1.29 is 9.59 Å². The van der Waals surface area contributed by atoms with Crippen molar-refractivity contribution in [2.75, 3.05) is 11.9 Å². The molecule has 0 aliphatic carbocycles. The molecule has 1 fully saturated rings. The number of anilines is 1. The van der Waals surface area contributed by atoms with E-state index in [1.165, 1.54) is 11.3 Å². The van der Waals surface area contributed by atoms with Crippen molar-refractivity contribution in [3.05, 3.63) is 47.5 Å². The zero-order valence-electron chi connectivity index (χ0n) is 12.8. The van der Waals surface area contributed by atoms with Crippen molar-refractivity contribution in [2.45, 2.75) is 31.7 Å². The molecular weight excluding hydrogens is 310 g/mol. The van der Waals surface area contributed by atoms with E-state index in [1.807, 2.05) is 35.7 Å². The highest BCUT2D eigenvalue weighted by Gasteiger charge is 2.33. The maximum absolute atomic E-state index is 12.5. The fourth-order valence-electron chi connectivity index (χ4n) is 2.85. The number of amides is 2. The second kappa shape index (κ2) is 7.37. The molecule has 23 heavy (non-hydrogen) atoms. The topological polar surface area (TPSA) is 62.3 Å². The second-order valence-corrected chi connectivity index (χ2v) is 6.45. The standard InChI is InChI=1S/C17H19N3O2S/c21-15(9-8-13-5-2-1-3-6-13)20-11-4-7-14(20)16(22)19-17-18-10-12-23-17/h1-3,5-6,10,12,14H,4,7-9,11H2,(H,18,19,22). The van der Waals surface area contributed by atoms with Crippen LogP contribution in [0.15, 0.2) is 41.9 Å². The van der Waals surface area contributed by atoms with Crippen LogP contribution in [0.2, 0.25) is 0 Å². The zero-order chi connectivity index (χ0) is 16.1. The molecule has 1 aromatic carbocycles.